The Morgan fingerprint density at radius 2 is 1.75 bits per heavy atom. The first-order valence-corrected chi connectivity index (χ1v) is 14.8. The molecule has 0 saturated heterocycles. The Balaban J connectivity index is 1.67. The molecule has 0 bridgehead atoms. The summed E-state index contributed by atoms with van der Waals surface area (Å²) in [5.74, 6) is -1.86. The van der Waals surface area contributed by atoms with Crippen molar-refractivity contribution in [3.63, 3.8) is 0 Å². The molecule has 2 atom stereocenters. The van der Waals surface area contributed by atoms with Gasteiger partial charge in [0.1, 0.15) is 0 Å². The molecular formula is C36H38N4O4. The molecule has 0 radical (unpaired) electrons. The number of carbonyl (C=O) groups is 3. The highest BCUT2D eigenvalue weighted by Crippen LogP contribution is 2.49. The average molecular weight is 591 g/mol. The highest BCUT2D eigenvalue weighted by molar-refractivity contribution is 6.01. The minimum absolute atomic E-state index is 0.0525. The molecule has 44 heavy (non-hydrogen) atoms. The summed E-state index contributed by atoms with van der Waals surface area (Å²) in [6.45, 7) is 6.62. The van der Waals surface area contributed by atoms with Crippen molar-refractivity contribution < 1.29 is 19.5 Å². The van der Waals surface area contributed by atoms with Crippen molar-refractivity contribution in [1.82, 2.24) is 0 Å². The Morgan fingerprint density at radius 3 is 2.41 bits per heavy atom. The molecule has 2 amide bonds. The fourth-order valence-corrected chi connectivity index (χ4v) is 6.13. The number of benzene rings is 4. The van der Waals surface area contributed by atoms with Crippen LogP contribution in [0.4, 0.5) is 11.4 Å². The second-order valence-electron chi connectivity index (χ2n) is 12.1. The van der Waals surface area contributed by atoms with E-state index >= 15 is 0 Å². The Kier molecular flexibility index (Phi) is 8.56. The van der Waals surface area contributed by atoms with E-state index in [1.165, 1.54) is 17.7 Å². The number of carboxylic acids is 1. The van der Waals surface area contributed by atoms with Gasteiger partial charge in [-0.25, -0.2) is 4.79 Å². The van der Waals surface area contributed by atoms with Crippen LogP contribution in [-0.4, -0.2) is 22.9 Å². The van der Waals surface area contributed by atoms with Crippen LogP contribution in [0.2, 0.25) is 0 Å². The Bertz CT molecular complexity index is 1730. The van der Waals surface area contributed by atoms with E-state index in [-0.39, 0.29) is 34.4 Å². The molecule has 8 nitrogen and oxygen atoms in total. The van der Waals surface area contributed by atoms with Gasteiger partial charge in [-0.3, -0.25) is 9.59 Å². The van der Waals surface area contributed by atoms with Gasteiger partial charge in [0.25, 0.3) is 0 Å². The molecule has 4 aromatic rings. The predicted octanol–water partition coefficient (Wildman–Crippen LogP) is 6.46. The van der Waals surface area contributed by atoms with E-state index < -0.39 is 11.9 Å². The maximum absolute atomic E-state index is 12.9. The van der Waals surface area contributed by atoms with Crippen molar-refractivity contribution >= 4 is 29.2 Å². The first-order valence-electron chi connectivity index (χ1n) is 14.8. The molecule has 226 valence electrons. The van der Waals surface area contributed by atoms with Gasteiger partial charge in [0.2, 0.25) is 11.8 Å². The number of primary amides is 1. The van der Waals surface area contributed by atoms with Gasteiger partial charge in [0, 0.05) is 35.3 Å². The summed E-state index contributed by atoms with van der Waals surface area (Å²) in [7, 11) is 0. The number of carbonyl (C=O) groups excluding carboxylic acids is 2. The van der Waals surface area contributed by atoms with Crippen molar-refractivity contribution in [2.24, 2.45) is 17.4 Å². The Hall–Kier alpha value is -4.95. The van der Waals surface area contributed by atoms with Gasteiger partial charge < -0.3 is 27.2 Å². The Labute approximate surface area is 257 Å². The summed E-state index contributed by atoms with van der Waals surface area (Å²) in [6.07, 6.45) is 1.03. The highest BCUT2D eigenvalue weighted by atomic mass is 16.4. The van der Waals surface area contributed by atoms with Crippen LogP contribution < -0.4 is 22.1 Å². The zero-order valence-electron chi connectivity index (χ0n) is 25.2. The lowest BCUT2D eigenvalue weighted by molar-refractivity contribution is -0.116. The first-order chi connectivity index (χ1) is 21.0. The smallest absolute Gasteiger partial charge is 0.336 e. The lowest BCUT2D eigenvalue weighted by atomic mass is 9.68. The topological polar surface area (TPSA) is 148 Å². The fourth-order valence-electron chi connectivity index (χ4n) is 6.13. The maximum atomic E-state index is 12.9. The molecule has 4 aromatic carbocycles. The van der Waals surface area contributed by atoms with Gasteiger partial charge in [-0.15, -0.1) is 0 Å². The number of anilines is 2. The summed E-state index contributed by atoms with van der Waals surface area (Å²) in [6, 6.07) is 26.5. The second-order valence-corrected chi connectivity index (χ2v) is 12.1. The summed E-state index contributed by atoms with van der Waals surface area (Å²) >= 11 is 0. The molecule has 1 aliphatic heterocycles. The highest BCUT2D eigenvalue weighted by Gasteiger charge is 2.39. The van der Waals surface area contributed by atoms with Crippen LogP contribution in [0.5, 0.6) is 0 Å². The van der Waals surface area contributed by atoms with Crippen LogP contribution in [0.1, 0.15) is 82.6 Å². The number of nitrogens with two attached hydrogens (primary N) is 2. The zero-order valence-corrected chi connectivity index (χ0v) is 25.2. The number of rotatable bonds is 9. The number of hydrogen-bond donors (Lipinski definition) is 5. The molecule has 8 heteroatoms. The van der Waals surface area contributed by atoms with Crippen molar-refractivity contribution in [2.75, 3.05) is 10.6 Å². The summed E-state index contributed by atoms with van der Waals surface area (Å²) in [5, 5.41) is 16.8. The Morgan fingerprint density at radius 1 is 1.00 bits per heavy atom. The summed E-state index contributed by atoms with van der Waals surface area (Å²) in [4.78, 5) is 37.0. The average Bonchev–Trinajstić information content (AvgIpc) is 3.00. The van der Waals surface area contributed by atoms with Crippen LogP contribution in [0.15, 0.2) is 84.9 Å². The standard InChI is InChI=1S/C36H38N4O4/c1-21(2)13-33(41)39-27-16-24(28-11-10-23(34(38)42)18-29(28)35(43)44)15-25(17-27)32-19-36(3,26-7-5-4-6-8-26)30-14-22(20-37)9-12-31(30)40-32/h4-12,14-18,21,32,40H,13,19-20,37H2,1-3H3,(H2,38,42)(H,39,41)(H,43,44). The van der Waals surface area contributed by atoms with Crippen LogP contribution in [0, 0.1) is 5.92 Å². The zero-order chi connectivity index (χ0) is 31.6. The minimum Gasteiger partial charge on any atom is -0.478 e. The predicted molar refractivity (Wildman–Crippen MR) is 174 cm³/mol. The SMILES string of the molecule is CC(C)CC(=O)Nc1cc(-c2ccc(C(N)=O)cc2C(=O)O)cc(C2CC(C)(c3ccccc3)c3cc(CN)ccc3N2)c1. The van der Waals surface area contributed by atoms with E-state index in [0.29, 0.717) is 36.2 Å². The lowest BCUT2D eigenvalue weighted by Crippen LogP contribution is -2.35. The van der Waals surface area contributed by atoms with Gasteiger partial charge >= 0.3 is 5.97 Å². The number of fused-ring (bicyclic) bond motifs is 1. The number of hydrogen-bond acceptors (Lipinski definition) is 5. The van der Waals surface area contributed by atoms with Gasteiger partial charge in [-0.1, -0.05) is 69.3 Å². The van der Waals surface area contributed by atoms with Crippen molar-refractivity contribution in [1.29, 1.82) is 0 Å². The molecule has 0 aromatic heterocycles. The van der Waals surface area contributed by atoms with E-state index in [9.17, 15) is 19.5 Å². The fraction of sp³-hybridized carbons (Fsp3) is 0.250. The van der Waals surface area contributed by atoms with E-state index in [1.54, 1.807) is 12.1 Å². The van der Waals surface area contributed by atoms with Crippen LogP contribution in [0.25, 0.3) is 11.1 Å². The number of nitrogens with one attached hydrogen (secondary N) is 2. The van der Waals surface area contributed by atoms with E-state index in [1.807, 2.05) is 50.2 Å². The summed E-state index contributed by atoms with van der Waals surface area (Å²) < 4.78 is 0. The minimum atomic E-state index is -1.18. The van der Waals surface area contributed by atoms with Crippen LogP contribution in [-0.2, 0) is 16.8 Å². The molecule has 0 saturated carbocycles. The molecule has 0 spiro atoms. The molecule has 5 rings (SSSR count). The van der Waals surface area contributed by atoms with Crippen LogP contribution in [0.3, 0.4) is 0 Å². The molecule has 1 aliphatic rings. The lowest BCUT2D eigenvalue weighted by Gasteiger charge is -2.42. The van der Waals surface area contributed by atoms with Crippen molar-refractivity contribution in [3.05, 3.63) is 118 Å². The molecular weight excluding hydrogens is 552 g/mol. The van der Waals surface area contributed by atoms with E-state index in [4.69, 9.17) is 11.5 Å². The molecule has 0 fully saturated rings. The third kappa shape index (κ3) is 6.21. The monoisotopic (exact) mass is 590 g/mol. The maximum Gasteiger partial charge on any atom is 0.336 e. The van der Waals surface area contributed by atoms with E-state index in [2.05, 4.69) is 41.8 Å². The van der Waals surface area contributed by atoms with Gasteiger partial charge in [-0.05, 0) is 82.1 Å². The normalized spacial score (nSPS) is 17.4. The third-order valence-electron chi connectivity index (χ3n) is 8.35. The molecule has 0 aliphatic carbocycles. The van der Waals surface area contributed by atoms with Gasteiger partial charge in [0.15, 0.2) is 0 Å². The molecule has 7 N–H and O–H groups in total. The summed E-state index contributed by atoms with van der Waals surface area (Å²) in [5.41, 5.74) is 18.0. The largest absolute Gasteiger partial charge is 0.478 e. The molecule has 1 heterocycles. The molecule has 2 unspecified atom stereocenters. The van der Waals surface area contributed by atoms with Crippen molar-refractivity contribution in [3.8, 4) is 11.1 Å². The third-order valence-corrected chi connectivity index (χ3v) is 8.35. The quantitative estimate of drug-likeness (QED) is 0.151. The van der Waals surface area contributed by atoms with Crippen molar-refractivity contribution in [2.45, 2.75) is 51.6 Å². The number of aromatic carboxylic acids is 1. The van der Waals surface area contributed by atoms with Gasteiger partial charge in [0.05, 0.1) is 11.6 Å². The second kappa shape index (κ2) is 12.3. The number of amides is 2. The van der Waals surface area contributed by atoms with E-state index in [0.717, 1.165) is 22.4 Å². The first kappa shape index (κ1) is 30.5. The number of carboxylic acid groups (broad SMARTS) is 1. The van der Waals surface area contributed by atoms with Crippen LogP contribution >= 0.6 is 0 Å². The van der Waals surface area contributed by atoms with Gasteiger partial charge in [-0.2, -0.15) is 0 Å².